The van der Waals surface area contributed by atoms with E-state index >= 15 is 0 Å². The number of carbonyl (C=O) groups is 1. The third-order valence-electron chi connectivity index (χ3n) is 6.25. The van der Waals surface area contributed by atoms with Gasteiger partial charge in [0, 0.05) is 49.6 Å². The van der Waals surface area contributed by atoms with Crippen molar-refractivity contribution in [3.05, 3.63) is 108 Å². The number of rotatable bonds is 8. The first-order valence-electron chi connectivity index (χ1n) is 12.4. The molecule has 0 atom stereocenters. The second-order valence-electron chi connectivity index (χ2n) is 9.00. The average molecular weight is 511 g/mol. The van der Waals surface area contributed by atoms with Gasteiger partial charge in [0.25, 0.3) is 5.91 Å². The summed E-state index contributed by atoms with van der Waals surface area (Å²) in [6.07, 6.45) is 0. The minimum absolute atomic E-state index is 0.00707. The summed E-state index contributed by atoms with van der Waals surface area (Å²) in [5.41, 5.74) is 4.83. The Balaban J connectivity index is 1.32. The molecule has 0 bridgehead atoms. The lowest BCUT2D eigenvalue weighted by atomic mass is 10.1. The molecule has 0 saturated carbocycles. The second-order valence-corrected chi connectivity index (χ2v) is 9.94. The van der Waals surface area contributed by atoms with Crippen LogP contribution in [0, 0.1) is 0 Å². The van der Waals surface area contributed by atoms with E-state index in [0.717, 1.165) is 46.4 Å². The van der Waals surface area contributed by atoms with Crippen molar-refractivity contribution >= 4 is 23.5 Å². The molecule has 7 heteroatoms. The highest BCUT2D eigenvalue weighted by Crippen LogP contribution is 2.28. The van der Waals surface area contributed by atoms with E-state index < -0.39 is 0 Å². The molecule has 0 unspecified atom stereocenters. The van der Waals surface area contributed by atoms with E-state index in [1.165, 1.54) is 0 Å². The van der Waals surface area contributed by atoms with E-state index in [0.29, 0.717) is 31.1 Å². The maximum Gasteiger partial charge on any atom is 0.253 e. The molecule has 0 N–H and O–H groups in total. The number of ether oxygens (including phenoxy) is 1. The molecule has 1 amide bonds. The SMILES string of the molecule is CN(Cc1ccccc1)C(=O)c1cccc(CSc2nc(-c3ccccc3)cc(N3CCOCC3)n2)c1. The zero-order chi connectivity index (χ0) is 25.5. The van der Waals surface area contributed by atoms with Crippen LogP contribution in [0.3, 0.4) is 0 Å². The zero-order valence-electron chi connectivity index (χ0n) is 20.9. The number of carbonyl (C=O) groups excluding carboxylic acids is 1. The number of aromatic nitrogens is 2. The number of thioether (sulfide) groups is 1. The topological polar surface area (TPSA) is 58.6 Å². The number of anilines is 1. The first-order chi connectivity index (χ1) is 18.2. The van der Waals surface area contributed by atoms with Crippen LogP contribution >= 0.6 is 11.8 Å². The lowest BCUT2D eigenvalue weighted by molar-refractivity contribution is 0.0785. The molecule has 0 aliphatic carbocycles. The largest absolute Gasteiger partial charge is 0.378 e. The molecule has 0 spiro atoms. The highest BCUT2D eigenvalue weighted by Gasteiger charge is 2.17. The van der Waals surface area contributed by atoms with Gasteiger partial charge in [0.05, 0.1) is 18.9 Å². The van der Waals surface area contributed by atoms with Gasteiger partial charge in [0.15, 0.2) is 5.16 Å². The summed E-state index contributed by atoms with van der Waals surface area (Å²) in [5, 5.41) is 0.723. The fourth-order valence-corrected chi connectivity index (χ4v) is 5.08. The third kappa shape index (κ3) is 6.56. The summed E-state index contributed by atoms with van der Waals surface area (Å²) in [7, 11) is 1.84. The Bertz CT molecular complexity index is 1330. The highest BCUT2D eigenvalue weighted by molar-refractivity contribution is 7.98. The molecule has 3 aromatic carbocycles. The first-order valence-corrected chi connectivity index (χ1v) is 13.4. The smallest absolute Gasteiger partial charge is 0.253 e. The molecule has 4 aromatic rings. The van der Waals surface area contributed by atoms with Gasteiger partial charge in [0.2, 0.25) is 0 Å². The van der Waals surface area contributed by atoms with Gasteiger partial charge in [-0.1, -0.05) is 84.6 Å². The van der Waals surface area contributed by atoms with Crippen molar-refractivity contribution < 1.29 is 9.53 Å². The molecular weight excluding hydrogens is 480 g/mol. The average Bonchev–Trinajstić information content (AvgIpc) is 2.97. The molecule has 1 aliphatic rings. The third-order valence-corrected chi connectivity index (χ3v) is 7.17. The van der Waals surface area contributed by atoms with Gasteiger partial charge >= 0.3 is 0 Å². The quantitative estimate of drug-likeness (QED) is 0.229. The zero-order valence-corrected chi connectivity index (χ0v) is 21.7. The molecule has 0 radical (unpaired) electrons. The fourth-order valence-electron chi connectivity index (χ4n) is 4.28. The van der Waals surface area contributed by atoms with E-state index in [1.807, 2.05) is 79.8 Å². The molecule has 1 fully saturated rings. The lowest BCUT2D eigenvalue weighted by Gasteiger charge is -2.28. The van der Waals surface area contributed by atoms with Gasteiger partial charge in [-0.3, -0.25) is 4.79 Å². The van der Waals surface area contributed by atoms with Crippen molar-refractivity contribution in [2.75, 3.05) is 38.3 Å². The van der Waals surface area contributed by atoms with E-state index in [-0.39, 0.29) is 5.91 Å². The van der Waals surface area contributed by atoms with Crippen molar-refractivity contribution in [2.45, 2.75) is 17.5 Å². The summed E-state index contributed by atoms with van der Waals surface area (Å²) < 4.78 is 5.53. The predicted molar refractivity (Wildman–Crippen MR) is 149 cm³/mol. The molecule has 1 aromatic heterocycles. The number of benzene rings is 3. The van der Waals surface area contributed by atoms with Crippen LogP contribution in [0.1, 0.15) is 21.5 Å². The maximum absolute atomic E-state index is 13.1. The van der Waals surface area contributed by atoms with Gasteiger partial charge in [0.1, 0.15) is 5.82 Å². The van der Waals surface area contributed by atoms with Crippen LogP contribution in [0.2, 0.25) is 0 Å². The van der Waals surface area contributed by atoms with Gasteiger partial charge in [-0.2, -0.15) is 0 Å². The van der Waals surface area contributed by atoms with E-state index in [9.17, 15) is 4.79 Å². The number of morpholine rings is 1. The Kier molecular flexibility index (Phi) is 8.13. The van der Waals surface area contributed by atoms with Crippen LogP contribution in [0.4, 0.5) is 5.82 Å². The van der Waals surface area contributed by atoms with E-state index in [2.05, 4.69) is 23.1 Å². The van der Waals surface area contributed by atoms with Crippen LogP contribution in [0.15, 0.2) is 96.2 Å². The van der Waals surface area contributed by atoms with Crippen LogP contribution in [-0.2, 0) is 17.0 Å². The van der Waals surface area contributed by atoms with E-state index in [4.69, 9.17) is 14.7 Å². The molecule has 37 heavy (non-hydrogen) atoms. The molecule has 188 valence electrons. The molecular formula is C30H30N4O2S. The van der Waals surface area contributed by atoms with Crippen molar-refractivity contribution in [3.63, 3.8) is 0 Å². The van der Waals surface area contributed by atoms with Gasteiger partial charge in [-0.25, -0.2) is 9.97 Å². The van der Waals surface area contributed by atoms with Crippen molar-refractivity contribution in [2.24, 2.45) is 0 Å². The minimum Gasteiger partial charge on any atom is -0.378 e. The molecule has 1 aliphatic heterocycles. The number of hydrogen-bond acceptors (Lipinski definition) is 6. The first kappa shape index (κ1) is 25.0. The fraction of sp³-hybridized carbons (Fsp3) is 0.233. The maximum atomic E-state index is 13.1. The van der Waals surface area contributed by atoms with Gasteiger partial charge in [-0.15, -0.1) is 0 Å². The van der Waals surface area contributed by atoms with Crippen LogP contribution in [-0.4, -0.2) is 54.1 Å². The number of hydrogen-bond donors (Lipinski definition) is 0. The van der Waals surface area contributed by atoms with Crippen LogP contribution < -0.4 is 4.90 Å². The Morgan fingerprint density at radius 2 is 1.59 bits per heavy atom. The molecule has 2 heterocycles. The Morgan fingerprint density at radius 1 is 0.892 bits per heavy atom. The lowest BCUT2D eigenvalue weighted by Crippen LogP contribution is -2.36. The monoisotopic (exact) mass is 510 g/mol. The number of amides is 1. The summed E-state index contributed by atoms with van der Waals surface area (Å²) in [5.74, 6) is 1.60. The van der Waals surface area contributed by atoms with Crippen LogP contribution in [0.5, 0.6) is 0 Å². The van der Waals surface area contributed by atoms with Crippen molar-refractivity contribution in [1.29, 1.82) is 0 Å². The summed E-state index contributed by atoms with van der Waals surface area (Å²) in [6, 6.07) is 30.1. The Hall–Kier alpha value is -3.68. The van der Waals surface area contributed by atoms with E-state index in [1.54, 1.807) is 16.7 Å². The Labute approximate surface area is 222 Å². The van der Waals surface area contributed by atoms with Crippen LogP contribution in [0.25, 0.3) is 11.3 Å². The Morgan fingerprint density at radius 3 is 2.35 bits per heavy atom. The number of nitrogens with zero attached hydrogens (tertiary/aromatic N) is 4. The summed E-state index contributed by atoms with van der Waals surface area (Å²) >= 11 is 1.59. The van der Waals surface area contributed by atoms with Gasteiger partial charge in [-0.05, 0) is 23.3 Å². The highest BCUT2D eigenvalue weighted by atomic mass is 32.2. The summed E-state index contributed by atoms with van der Waals surface area (Å²) in [6.45, 7) is 3.61. The molecule has 1 saturated heterocycles. The molecule has 6 nitrogen and oxygen atoms in total. The standard InChI is InChI=1S/C30H30N4O2S/c1-33(21-23-9-4-2-5-10-23)29(35)26-14-8-11-24(19-26)22-37-30-31-27(25-12-6-3-7-13-25)20-28(32-30)34-15-17-36-18-16-34/h2-14,19-20H,15-18,21-22H2,1H3. The van der Waals surface area contributed by atoms with Crippen molar-refractivity contribution in [3.8, 4) is 11.3 Å². The second kappa shape index (κ2) is 12.0. The summed E-state index contributed by atoms with van der Waals surface area (Å²) in [4.78, 5) is 26.8. The van der Waals surface area contributed by atoms with Crippen molar-refractivity contribution in [1.82, 2.24) is 14.9 Å². The predicted octanol–water partition coefficient (Wildman–Crippen LogP) is 5.54. The van der Waals surface area contributed by atoms with Gasteiger partial charge < -0.3 is 14.5 Å². The normalized spacial score (nSPS) is 13.4. The minimum atomic E-state index is 0.00707. The molecule has 5 rings (SSSR count).